The Morgan fingerprint density at radius 3 is 1.10 bits per heavy atom. The van der Waals surface area contributed by atoms with Gasteiger partial charge in [-0.25, -0.2) is 0 Å². The highest BCUT2D eigenvalue weighted by atomic mass is 35.5. The van der Waals surface area contributed by atoms with Crippen LogP contribution in [0.15, 0.2) is 10.2 Å². The molecule has 0 fully saturated rings. The third kappa shape index (κ3) is 8.18. The van der Waals surface area contributed by atoms with Gasteiger partial charge in [-0.05, 0) is 27.7 Å². The number of nitrogens with zero attached hydrogens (tertiary/aromatic N) is 2. The van der Waals surface area contributed by atoms with E-state index < -0.39 is 10.00 Å². The molecular formula is C6H12Cl2N2. The Hall–Kier alpha value is 0.180. The van der Waals surface area contributed by atoms with Crippen LogP contribution in [0.1, 0.15) is 27.7 Å². The number of rotatable bonds is 2. The molecule has 0 aromatic heterocycles. The minimum atomic E-state index is -0.647. The normalized spacial score (nSPS) is 14.6. The Bertz CT molecular complexity index is 114. The SMILES string of the molecule is CC(C)(Cl)/N=N/C(C)(C)Cl. The standard InChI is InChI=1S/C6H12Cl2N2/c1-5(2,7)9-10-6(3,4)8/h1-4H3/b10-9+. The van der Waals surface area contributed by atoms with Crippen molar-refractivity contribution in [2.24, 2.45) is 10.2 Å². The first kappa shape index (κ1) is 10.2. The van der Waals surface area contributed by atoms with Crippen LogP contribution < -0.4 is 0 Å². The van der Waals surface area contributed by atoms with Crippen LogP contribution in [-0.4, -0.2) is 10.00 Å². The fourth-order valence-corrected chi connectivity index (χ4v) is 0.313. The molecule has 2 nitrogen and oxygen atoms in total. The maximum absolute atomic E-state index is 5.72. The summed E-state index contributed by atoms with van der Waals surface area (Å²) in [4.78, 5) is -1.29. The number of hydrogen-bond donors (Lipinski definition) is 0. The van der Waals surface area contributed by atoms with Gasteiger partial charge in [0.25, 0.3) is 0 Å². The van der Waals surface area contributed by atoms with Crippen LogP contribution in [0.3, 0.4) is 0 Å². The lowest BCUT2D eigenvalue weighted by atomic mass is 10.4. The van der Waals surface area contributed by atoms with Crippen LogP contribution in [0.25, 0.3) is 0 Å². The second-order valence-corrected chi connectivity index (χ2v) is 4.87. The molecule has 0 aliphatic heterocycles. The third-order valence-electron chi connectivity index (χ3n) is 0.526. The van der Waals surface area contributed by atoms with E-state index in [0.717, 1.165) is 0 Å². The van der Waals surface area contributed by atoms with Crippen LogP contribution in [0.5, 0.6) is 0 Å². The van der Waals surface area contributed by atoms with Crippen LogP contribution in [0.4, 0.5) is 0 Å². The van der Waals surface area contributed by atoms with E-state index in [2.05, 4.69) is 10.2 Å². The van der Waals surface area contributed by atoms with Crippen molar-refractivity contribution in [1.29, 1.82) is 0 Å². The van der Waals surface area contributed by atoms with Gasteiger partial charge in [0, 0.05) is 0 Å². The fraction of sp³-hybridized carbons (Fsp3) is 1.00. The number of halogens is 2. The maximum atomic E-state index is 5.72. The summed E-state index contributed by atoms with van der Waals surface area (Å²) in [6.45, 7) is 7.00. The molecule has 0 amide bonds. The van der Waals surface area contributed by atoms with Crippen molar-refractivity contribution in [3.05, 3.63) is 0 Å². The summed E-state index contributed by atoms with van der Waals surface area (Å²) in [5.41, 5.74) is 0. The van der Waals surface area contributed by atoms with E-state index in [4.69, 9.17) is 23.2 Å². The molecule has 0 saturated heterocycles. The second kappa shape index (κ2) is 3.05. The molecule has 0 unspecified atom stereocenters. The molecule has 0 rings (SSSR count). The molecule has 0 saturated carbocycles. The zero-order valence-corrected chi connectivity index (χ0v) is 8.16. The molecule has 0 spiro atoms. The average molecular weight is 183 g/mol. The largest absolute Gasteiger partial charge is 0.170 e. The Kier molecular flexibility index (Phi) is 3.11. The van der Waals surface area contributed by atoms with Gasteiger partial charge in [0.05, 0.1) is 0 Å². The highest BCUT2D eigenvalue weighted by Gasteiger charge is 2.15. The van der Waals surface area contributed by atoms with E-state index in [0.29, 0.717) is 0 Å². The van der Waals surface area contributed by atoms with Crippen LogP contribution in [0.2, 0.25) is 0 Å². The van der Waals surface area contributed by atoms with Crippen LogP contribution in [0, 0.1) is 0 Å². The van der Waals surface area contributed by atoms with Crippen molar-refractivity contribution < 1.29 is 0 Å². The Morgan fingerprint density at radius 1 is 0.800 bits per heavy atom. The summed E-state index contributed by atoms with van der Waals surface area (Å²) in [7, 11) is 0. The Balaban J connectivity index is 4.01. The lowest BCUT2D eigenvalue weighted by molar-refractivity contribution is 0.600. The smallest absolute Gasteiger partial charge is 0.149 e. The Labute approximate surface area is 71.6 Å². The summed E-state index contributed by atoms with van der Waals surface area (Å²) < 4.78 is 0. The van der Waals surface area contributed by atoms with Crippen molar-refractivity contribution in [3.8, 4) is 0 Å². The van der Waals surface area contributed by atoms with Crippen molar-refractivity contribution >= 4 is 23.2 Å². The summed E-state index contributed by atoms with van der Waals surface area (Å²) in [6.07, 6.45) is 0. The molecule has 0 bridgehead atoms. The molecule has 0 N–H and O–H groups in total. The maximum Gasteiger partial charge on any atom is 0.149 e. The molecule has 0 heterocycles. The minimum absolute atomic E-state index is 0.647. The fourth-order valence-electron chi connectivity index (χ4n) is 0.238. The highest BCUT2D eigenvalue weighted by Crippen LogP contribution is 2.20. The zero-order chi connectivity index (χ0) is 8.41. The molecule has 0 aliphatic rings. The number of hydrogen-bond acceptors (Lipinski definition) is 2. The van der Waals surface area contributed by atoms with Crippen LogP contribution >= 0.6 is 23.2 Å². The molecule has 4 heteroatoms. The molecule has 0 aliphatic carbocycles. The van der Waals surface area contributed by atoms with Crippen molar-refractivity contribution in [3.63, 3.8) is 0 Å². The Morgan fingerprint density at radius 2 is 1.00 bits per heavy atom. The first-order chi connectivity index (χ1) is 4.21. The summed E-state index contributed by atoms with van der Waals surface area (Å²) in [5, 5.41) is 7.57. The van der Waals surface area contributed by atoms with E-state index in [1.807, 2.05) is 0 Å². The van der Waals surface area contributed by atoms with Gasteiger partial charge < -0.3 is 0 Å². The molecule has 60 valence electrons. The zero-order valence-electron chi connectivity index (χ0n) is 6.65. The van der Waals surface area contributed by atoms with Crippen LogP contribution in [-0.2, 0) is 0 Å². The van der Waals surface area contributed by atoms with Gasteiger partial charge in [0.1, 0.15) is 10.00 Å². The summed E-state index contributed by atoms with van der Waals surface area (Å²) >= 11 is 11.4. The van der Waals surface area contributed by atoms with Crippen molar-refractivity contribution in [2.75, 3.05) is 0 Å². The predicted molar refractivity (Wildman–Crippen MR) is 44.7 cm³/mol. The topological polar surface area (TPSA) is 24.7 Å². The van der Waals surface area contributed by atoms with E-state index in [-0.39, 0.29) is 0 Å². The van der Waals surface area contributed by atoms with Gasteiger partial charge in [0.2, 0.25) is 0 Å². The predicted octanol–water partition coefficient (Wildman–Crippen LogP) is 3.39. The lowest BCUT2D eigenvalue weighted by Gasteiger charge is -2.11. The molecule has 10 heavy (non-hydrogen) atoms. The average Bonchev–Trinajstić information content (AvgIpc) is 1.57. The van der Waals surface area contributed by atoms with Gasteiger partial charge in [-0.2, -0.15) is 10.2 Å². The summed E-state index contributed by atoms with van der Waals surface area (Å²) in [5.74, 6) is 0. The molecular weight excluding hydrogens is 171 g/mol. The van der Waals surface area contributed by atoms with Crippen molar-refractivity contribution in [2.45, 2.75) is 37.7 Å². The van der Waals surface area contributed by atoms with E-state index >= 15 is 0 Å². The van der Waals surface area contributed by atoms with Gasteiger partial charge in [-0.15, -0.1) is 0 Å². The molecule has 0 atom stereocenters. The quantitative estimate of drug-likeness (QED) is 0.356. The van der Waals surface area contributed by atoms with E-state index in [1.54, 1.807) is 27.7 Å². The minimum Gasteiger partial charge on any atom is -0.170 e. The highest BCUT2D eigenvalue weighted by molar-refractivity contribution is 6.23. The van der Waals surface area contributed by atoms with E-state index in [1.165, 1.54) is 0 Å². The number of azo groups is 1. The summed E-state index contributed by atoms with van der Waals surface area (Å²) in [6, 6.07) is 0. The lowest BCUT2D eigenvalue weighted by Crippen LogP contribution is -2.09. The van der Waals surface area contributed by atoms with Gasteiger partial charge >= 0.3 is 0 Å². The second-order valence-electron chi connectivity index (χ2n) is 3.02. The molecule has 0 aromatic carbocycles. The van der Waals surface area contributed by atoms with Gasteiger partial charge in [0.15, 0.2) is 0 Å². The number of alkyl halides is 2. The third-order valence-corrected chi connectivity index (χ3v) is 0.677. The van der Waals surface area contributed by atoms with Gasteiger partial charge in [-0.1, -0.05) is 23.2 Å². The first-order valence-electron chi connectivity index (χ1n) is 3.03. The first-order valence-corrected chi connectivity index (χ1v) is 3.78. The molecule has 0 aromatic rings. The molecule has 0 radical (unpaired) electrons. The van der Waals surface area contributed by atoms with Crippen molar-refractivity contribution in [1.82, 2.24) is 0 Å². The van der Waals surface area contributed by atoms with E-state index in [9.17, 15) is 0 Å². The monoisotopic (exact) mass is 182 g/mol. The van der Waals surface area contributed by atoms with Gasteiger partial charge in [-0.3, -0.25) is 0 Å².